The second kappa shape index (κ2) is 8.72. The molecule has 5 heteroatoms. The minimum Gasteiger partial charge on any atom is -0.457 e. The number of carbonyl (C=O) groups is 1. The summed E-state index contributed by atoms with van der Waals surface area (Å²) in [7, 11) is 0. The molecule has 2 N–H and O–H groups in total. The molecule has 1 fully saturated rings. The fourth-order valence-electron chi connectivity index (χ4n) is 3.17. The first-order chi connectivity index (χ1) is 12.6. The molecular weight excluding hydrogens is 326 g/mol. The van der Waals surface area contributed by atoms with Crippen LogP contribution in [0.15, 0.2) is 48.5 Å². The number of nitrogens with one attached hydrogen (secondary N) is 2. The summed E-state index contributed by atoms with van der Waals surface area (Å²) in [6, 6.07) is 15.4. The standard InChI is InChI=1S/C21H27N3O2/c1-3-24-13-11-18(12-14-24)23-21(25)22-17-7-9-19(10-8-17)26-20-6-4-5-16(2)15-20/h4-10,15,18H,3,11-14H2,1-2H3,(H2,22,23,25). The van der Waals surface area contributed by atoms with Crippen LogP contribution in [0.25, 0.3) is 0 Å². The zero-order valence-electron chi connectivity index (χ0n) is 15.5. The molecule has 1 saturated heterocycles. The van der Waals surface area contributed by atoms with Crippen molar-refractivity contribution in [2.75, 3.05) is 25.0 Å². The van der Waals surface area contributed by atoms with Crippen LogP contribution in [-0.2, 0) is 0 Å². The number of benzene rings is 2. The minimum atomic E-state index is -0.146. The summed E-state index contributed by atoms with van der Waals surface area (Å²) in [6.45, 7) is 7.38. The number of likely N-dealkylation sites (tertiary alicyclic amines) is 1. The van der Waals surface area contributed by atoms with Crippen LogP contribution in [0.1, 0.15) is 25.3 Å². The summed E-state index contributed by atoms with van der Waals surface area (Å²) in [5, 5.41) is 5.96. The van der Waals surface area contributed by atoms with E-state index in [0.29, 0.717) is 0 Å². The Morgan fingerprint density at radius 3 is 2.50 bits per heavy atom. The Balaban J connectivity index is 1.48. The molecule has 0 aromatic heterocycles. The largest absolute Gasteiger partial charge is 0.457 e. The molecule has 0 unspecified atom stereocenters. The van der Waals surface area contributed by atoms with Crippen molar-refractivity contribution >= 4 is 11.7 Å². The lowest BCUT2D eigenvalue weighted by Gasteiger charge is -2.31. The number of hydrogen-bond acceptors (Lipinski definition) is 3. The second-order valence-corrected chi connectivity index (χ2v) is 6.75. The molecule has 0 spiro atoms. The maximum atomic E-state index is 12.2. The summed E-state index contributed by atoms with van der Waals surface area (Å²) < 4.78 is 5.83. The molecule has 138 valence electrons. The summed E-state index contributed by atoms with van der Waals surface area (Å²) in [4.78, 5) is 14.6. The molecule has 0 bridgehead atoms. The Morgan fingerprint density at radius 2 is 1.85 bits per heavy atom. The molecule has 2 amide bonds. The third kappa shape index (κ3) is 5.23. The third-order valence-electron chi connectivity index (χ3n) is 4.71. The minimum absolute atomic E-state index is 0.146. The van der Waals surface area contributed by atoms with Crippen LogP contribution in [0, 0.1) is 6.92 Å². The second-order valence-electron chi connectivity index (χ2n) is 6.75. The van der Waals surface area contributed by atoms with Crippen molar-refractivity contribution in [3.63, 3.8) is 0 Å². The van der Waals surface area contributed by atoms with Crippen LogP contribution < -0.4 is 15.4 Å². The van der Waals surface area contributed by atoms with Gasteiger partial charge in [-0.2, -0.15) is 0 Å². The Kier molecular flexibility index (Phi) is 6.12. The van der Waals surface area contributed by atoms with Crippen molar-refractivity contribution in [3.05, 3.63) is 54.1 Å². The number of amides is 2. The van der Waals surface area contributed by atoms with Gasteiger partial charge in [0.25, 0.3) is 0 Å². The molecule has 1 aliphatic heterocycles. The first kappa shape index (κ1) is 18.3. The number of hydrogen-bond donors (Lipinski definition) is 2. The van der Waals surface area contributed by atoms with Gasteiger partial charge in [-0.25, -0.2) is 4.79 Å². The molecular formula is C21H27N3O2. The van der Waals surface area contributed by atoms with Crippen LogP contribution in [0.3, 0.4) is 0 Å². The molecule has 5 nitrogen and oxygen atoms in total. The number of urea groups is 1. The van der Waals surface area contributed by atoms with E-state index in [-0.39, 0.29) is 12.1 Å². The first-order valence-corrected chi connectivity index (χ1v) is 9.27. The van der Waals surface area contributed by atoms with E-state index in [1.165, 1.54) is 0 Å². The first-order valence-electron chi connectivity index (χ1n) is 9.27. The average molecular weight is 353 g/mol. The highest BCUT2D eigenvalue weighted by Crippen LogP contribution is 2.23. The van der Waals surface area contributed by atoms with E-state index >= 15 is 0 Å². The highest BCUT2D eigenvalue weighted by Gasteiger charge is 2.19. The van der Waals surface area contributed by atoms with Crippen LogP contribution in [0.4, 0.5) is 10.5 Å². The monoisotopic (exact) mass is 353 g/mol. The molecule has 1 heterocycles. The molecule has 2 aromatic rings. The van der Waals surface area contributed by atoms with E-state index in [2.05, 4.69) is 22.5 Å². The van der Waals surface area contributed by atoms with Crippen molar-refractivity contribution in [2.24, 2.45) is 0 Å². The Labute approximate surface area is 155 Å². The van der Waals surface area contributed by atoms with E-state index in [1.54, 1.807) is 0 Å². The summed E-state index contributed by atoms with van der Waals surface area (Å²) >= 11 is 0. The predicted molar refractivity (Wildman–Crippen MR) is 105 cm³/mol. The number of rotatable bonds is 5. The van der Waals surface area contributed by atoms with Crippen molar-refractivity contribution in [3.8, 4) is 11.5 Å². The summed E-state index contributed by atoms with van der Waals surface area (Å²) in [5.41, 5.74) is 1.91. The zero-order chi connectivity index (χ0) is 18.4. The summed E-state index contributed by atoms with van der Waals surface area (Å²) in [6.07, 6.45) is 2.01. The number of aryl methyl sites for hydroxylation is 1. The highest BCUT2D eigenvalue weighted by molar-refractivity contribution is 5.89. The van der Waals surface area contributed by atoms with Gasteiger partial charge in [0.05, 0.1) is 0 Å². The van der Waals surface area contributed by atoms with Gasteiger partial charge < -0.3 is 20.3 Å². The quantitative estimate of drug-likeness (QED) is 0.838. The molecule has 3 rings (SSSR count). The van der Waals surface area contributed by atoms with E-state index < -0.39 is 0 Å². The van der Waals surface area contributed by atoms with Crippen molar-refractivity contribution in [1.29, 1.82) is 0 Å². The molecule has 0 radical (unpaired) electrons. The molecule has 0 atom stereocenters. The maximum Gasteiger partial charge on any atom is 0.319 e. The van der Waals surface area contributed by atoms with Gasteiger partial charge in [-0.15, -0.1) is 0 Å². The lowest BCUT2D eigenvalue weighted by Crippen LogP contribution is -2.45. The maximum absolute atomic E-state index is 12.2. The SMILES string of the molecule is CCN1CCC(NC(=O)Nc2ccc(Oc3cccc(C)c3)cc2)CC1. The van der Waals surface area contributed by atoms with E-state index in [0.717, 1.165) is 55.2 Å². The van der Waals surface area contributed by atoms with Gasteiger partial charge in [0.15, 0.2) is 0 Å². The normalized spacial score (nSPS) is 15.5. The van der Waals surface area contributed by atoms with Gasteiger partial charge in [-0.3, -0.25) is 0 Å². The zero-order valence-corrected chi connectivity index (χ0v) is 15.5. The van der Waals surface area contributed by atoms with Crippen molar-refractivity contribution < 1.29 is 9.53 Å². The number of anilines is 1. The fourth-order valence-corrected chi connectivity index (χ4v) is 3.17. The van der Waals surface area contributed by atoms with Gasteiger partial charge in [-0.1, -0.05) is 19.1 Å². The van der Waals surface area contributed by atoms with Gasteiger partial charge in [0.1, 0.15) is 11.5 Å². The topological polar surface area (TPSA) is 53.6 Å². The van der Waals surface area contributed by atoms with Gasteiger partial charge in [-0.05, 0) is 68.3 Å². The number of nitrogens with zero attached hydrogens (tertiary/aromatic N) is 1. The lowest BCUT2D eigenvalue weighted by atomic mass is 10.1. The Hall–Kier alpha value is -2.53. The van der Waals surface area contributed by atoms with Crippen LogP contribution >= 0.6 is 0 Å². The third-order valence-corrected chi connectivity index (χ3v) is 4.71. The Morgan fingerprint density at radius 1 is 1.12 bits per heavy atom. The number of piperidine rings is 1. The van der Waals surface area contributed by atoms with Gasteiger partial charge in [0.2, 0.25) is 0 Å². The van der Waals surface area contributed by atoms with Crippen molar-refractivity contribution in [1.82, 2.24) is 10.2 Å². The molecule has 0 aliphatic carbocycles. The Bertz CT molecular complexity index is 722. The fraction of sp³-hybridized carbons (Fsp3) is 0.381. The average Bonchev–Trinajstić information content (AvgIpc) is 2.64. The highest BCUT2D eigenvalue weighted by atomic mass is 16.5. The van der Waals surface area contributed by atoms with Gasteiger partial charge >= 0.3 is 6.03 Å². The van der Waals surface area contributed by atoms with E-state index in [4.69, 9.17) is 4.74 Å². The molecule has 26 heavy (non-hydrogen) atoms. The number of ether oxygens (including phenoxy) is 1. The smallest absolute Gasteiger partial charge is 0.319 e. The van der Waals surface area contributed by atoms with Crippen LogP contribution in [0.5, 0.6) is 11.5 Å². The van der Waals surface area contributed by atoms with Crippen LogP contribution in [0.2, 0.25) is 0 Å². The molecule has 0 saturated carbocycles. The van der Waals surface area contributed by atoms with Gasteiger partial charge in [0, 0.05) is 24.8 Å². The van der Waals surface area contributed by atoms with Crippen LogP contribution in [-0.4, -0.2) is 36.6 Å². The molecule has 2 aromatic carbocycles. The van der Waals surface area contributed by atoms with E-state index in [9.17, 15) is 4.79 Å². The van der Waals surface area contributed by atoms with E-state index in [1.807, 2.05) is 55.5 Å². The molecule has 1 aliphatic rings. The van der Waals surface area contributed by atoms with Crippen molar-refractivity contribution in [2.45, 2.75) is 32.7 Å². The summed E-state index contributed by atoms with van der Waals surface area (Å²) in [5.74, 6) is 1.55. The predicted octanol–water partition coefficient (Wildman–Crippen LogP) is 4.39. The lowest BCUT2D eigenvalue weighted by molar-refractivity contribution is 0.203. The number of carbonyl (C=O) groups excluding carboxylic acids is 1.